The highest BCUT2D eigenvalue weighted by Gasteiger charge is 2.01. The van der Waals surface area contributed by atoms with Crippen molar-refractivity contribution in [1.29, 1.82) is 0 Å². The van der Waals surface area contributed by atoms with Gasteiger partial charge in [-0.1, -0.05) is 48.5 Å². The first-order valence-corrected chi connectivity index (χ1v) is 7.89. The van der Waals surface area contributed by atoms with Crippen LogP contribution in [0.25, 0.3) is 0 Å². The van der Waals surface area contributed by atoms with Crippen LogP contribution in [-0.2, 0) is 16.1 Å². The number of thioether (sulfide) groups is 1. The Balaban J connectivity index is 1.54. The molecule has 0 saturated heterocycles. The molecule has 1 N–H and O–H groups in total. The highest BCUT2D eigenvalue weighted by molar-refractivity contribution is 7.99. The highest BCUT2D eigenvalue weighted by Crippen LogP contribution is 2.15. The minimum absolute atomic E-state index is 0.0698. The molecule has 2 aromatic rings. The van der Waals surface area contributed by atoms with Gasteiger partial charge in [0.1, 0.15) is 6.61 Å². The summed E-state index contributed by atoms with van der Waals surface area (Å²) in [5.74, 6) is 0.786. The van der Waals surface area contributed by atoms with Gasteiger partial charge >= 0.3 is 0 Å². The molecule has 0 radical (unpaired) electrons. The number of ether oxygens (including phenoxy) is 1. The molecule has 0 aromatic heterocycles. The second kappa shape index (κ2) is 9.21. The van der Waals surface area contributed by atoms with Gasteiger partial charge in [-0.25, -0.2) is 0 Å². The molecule has 0 aliphatic rings. The van der Waals surface area contributed by atoms with Gasteiger partial charge in [0, 0.05) is 17.2 Å². The highest BCUT2D eigenvalue weighted by atomic mass is 32.2. The molecular formula is C17H19NO2S. The van der Waals surface area contributed by atoms with Crippen molar-refractivity contribution >= 4 is 17.7 Å². The molecule has 0 aliphatic heterocycles. The van der Waals surface area contributed by atoms with Crippen molar-refractivity contribution in [3.8, 4) is 0 Å². The average molecular weight is 301 g/mol. The minimum Gasteiger partial charge on any atom is -0.367 e. The lowest BCUT2D eigenvalue weighted by Gasteiger charge is -2.06. The lowest BCUT2D eigenvalue weighted by Crippen LogP contribution is -2.29. The van der Waals surface area contributed by atoms with Crippen LogP contribution in [0.15, 0.2) is 65.6 Å². The van der Waals surface area contributed by atoms with Gasteiger partial charge in [-0.3, -0.25) is 4.79 Å². The summed E-state index contributed by atoms with van der Waals surface area (Å²) in [6.07, 6.45) is 0. The average Bonchev–Trinajstić information content (AvgIpc) is 2.54. The zero-order valence-corrected chi connectivity index (χ0v) is 12.6. The van der Waals surface area contributed by atoms with E-state index in [9.17, 15) is 4.79 Å². The fraction of sp³-hybridized carbons (Fsp3) is 0.235. The fourth-order valence-corrected chi connectivity index (χ4v) is 2.55. The summed E-state index contributed by atoms with van der Waals surface area (Å²) >= 11 is 1.73. The molecule has 3 nitrogen and oxygen atoms in total. The monoisotopic (exact) mass is 301 g/mol. The number of carbonyl (C=O) groups is 1. The van der Waals surface area contributed by atoms with E-state index in [1.54, 1.807) is 11.8 Å². The van der Waals surface area contributed by atoms with Gasteiger partial charge in [0.05, 0.1) is 6.61 Å². The number of amides is 1. The van der Waals surface area contributed by atoms with Crippen LogP contribution in [0, 0.1) is 0 Å². The molecule has 0 bridgehead atoms. The summed E-state index contributed by atoms with van der Waals surface area (Å²) in [5.41, 5.74) is 1.07. The minimum atomic E-state index is -0.0698. The molecule has 0 unspecified atom stereocenters. The molecule has 1 amide bonds. The Morgan fingerprint density at radius 2 is 1.67 bits per heavy atom. The third-order valence-electron chi connectivity index (χ3n) is 2.78. The third-order valence-corrected chi connectivity index (χ3v) is 3.79. The maximum atomic E-state index is 11.6. The second-order valence-electron chi connectivity index (χ2n) is 4.49. The normalized spacial score (nSPS) is 10.3. The third kappa shape index (κ3) is 6.47. The molecule has 0 spiro atoms. The van der Waals surface area contributed by atoms with E-state index >= 15 is 0 Å². The maximum absolute atomic E-state index is 11.6. The van der Waals surface area contributed by atoms with E-state index in [2.05, 4.69) is 17.4 Å². The summed E-state index contributed by atoms with van der Waals surface area (Å²) in [5, 5.41) is 2.85. The van der Waals surface area contributed by atoms with E-state index in [1.807, 2.05) is 48.5 Å². The van der Waals surface area contributed by atoms with Gasteiger partial charge in [0.2, 0.25) is 5.91 Å². The van der Waals surface area contributed by atoms with E-state index < -0.39 is 0 Å². The largest absolute Gasteiger partial charge is 0.367 e. The summed E-state index contributed by atoms with van der Waals surface area (Å²) in [6, 6.07) is 20.0. The molecule has 21 heavy (non-hydrogen) atoms. The lowest BCUT2D eigenvalue weighted by molar-refractivity contribution is -0.125. The Morgan fingerprint density at radius 1 is 1.00 bits per heavy atom. The number of rotatable bonds is 8. The van der Waals surface area contributed by atoms with Crippen LogP contribution < -0.4 is 5.32 Å². The van der Waals surface area contributed by atoms with Crippen LogP contribution in [0.4, 0.5) is 0 Å². The molecule has 110 valence electrons. The molecule has 0 heterocycles. The van der Waals surface area contributed by atoms with Gasteiger partial charge in [-0.2, -0.15) is 0 Å². The maximum Gasteiger partial charge on any atom is 0.246 e. The summed E-state index contributed by atoms with van der Waals surface area (Å²) in [4.78, 5) is 12.8. The standard InChI is InChI=1S/C17H19NO2S/c19-17(14-20-13-15-7-3-1-4-8-15)18-11-12-21-16-9-5-2-6-10-16/h1-10H,11-14H2,(H,18,19). The SMILES string of the molecule is O=C(COCc1ccccc1)NCCSc1ccccc1. The van der Waals surface area contributed by atoms with Gasteiger partial charge in [-0.05, 0) is 17.7 Å². The van der Waals surface area contributed by atoms with Crippen LogP contribution >= 0.6 is 11.8 Å². The topological polar surface area (TPSA) is 38.3 Å². The Morgan fingerprint density at radius 3 is 2.38 bits per heavy atom. The van der Waals surface area contributed by atoms with Crippen molar-refractivity contribution < 1.29 is 9.53 Å². The molecule has 2 rings (SSSR count). The van der Waals surface area contributed by atoms with E-state index in [4.69, 9.17) is 4.74 Å². The molecular weight excluding hydrogens is 282 g/mol. The first kappa shape index (κ1) is 15.6. The number of hydrogen-bond acceptors (Lipinski definition) is 3. The first-order valence-electron chi connectivity index (χ1n) is 6.91. The van der Waals surface area contributed by atoms with E-state index in [0.29, 0.717) is 13.2 Å². The molecule has 4 heteroatoms. The molecule has 0 atom stereocenters. The summed E-state index contributed by atoms with van der Waals surface area (Å²) in [7, 11) is 0. The van der Waals surface area contributed by atoms with E-state index in [0.717, 1.165) is 11.3 Å². The molecule has 0 aliphatic carbocycles. The van der Waals surface area contributed by atoms with Crippen molar-refractivity contribution in [3.63, 3.8) is 0 Å². The van der Waals surface area contributed by atoms with Crippen LogP contribution in [-0.4, -0.2) is 24.8 Å². The smallest absolute Gasteiger partial charge is 0.246 e. The lowest BCUT2D eigenvalue weighted by atomic mass is 10.2. The first-order chi connectivity index (χ1) is 10.3. The zero-order valence-electron chi connectivity index (χ0n) is 11.8. The van der Waals surface area contributed by atoms with Crippen LogP contribution in [0.2, 0.25) is 0 Å². The number of carbonyl (C=O) groups excluding carboxylic acids is 1. The van der Waals surface area contributed by atoms with Crippen LogP contribution in [0.5, 0.6) is 0 Å². The number of benzene rings is 2. The quantitative estimate of drug-likeness (QED) is 0.601. The van der Waals surface area contributed by atoms with Gasteiger partial charge < -0.3 is 10.1 Å². The van der Waals surface area contributed by atoms with Crippen molar-refractivity contribution in [1.82, 2.24) is 5.32 Å². The predicted octanol–water partition coefficient (Wildman–Crippen LogP) is 3.11. The van der Waals surface area contributed by atoms with E-state index in [1.165, 1.54) is 4.90 Å². The second-order valence-corrected chi connectivity index (χ2v) is 5.66. The zero-order chi connectivity index (χ0) is 14.8. The molecule has 2 aromatic carbocycles. The number of nitrogens with one attached hydrogen (secondary N) is 1. The Labute approximate surface area is 129 Å². The predicted molar refractivity (Wildman–Crippen MR) is 86.3 cm³/mol. The molecule has 0 saturated carbocycles. The van der Waals surface area contributed by atoms with Gasteiger partial charge in [-0.15, -0.1) is 11.8 Å². The fourth-order valence-electron chi connectivity index (χ4n) is 1.76. The Hall–Kier alpha value is -1.78. The van der Waals surface area contributed by atoms with Crippen molar-refractivity contribution in [3.05, 3.63) is 66.2 Å². The van der Waals surface area contributed by atoms with Crippen LogP contribution in [0.1, 0.15) is 5.56 Å². The van der Waals surface area contributed by atoms with Gasteiger partial charge in [0.15, 0.2) is 0 Å². The Kier molecular flexibility index (Phi) is 6.84. The van der Waals surface area contributed by atoms with E-state index in [-0.39, 0.29) is 12.5 Å². The summed E-state index contributed by atoms with van der Waals surface area (Å²) < 4.78 is 5.38. The summed E-state index contributed by atoms with van der Waals surface area (Å²) in [6.45, 7) is 1.21. The van der Waals surface area contributed by atoms with Crippen molar-refractivity contribution in [2.45, 2.75) is 11.5 Å². The van der Waals surface area contributed by atoms with Crippen molar-refractivity contribution in [2.75, 3.05) is 18.9 Å². The Bertz CT molecular complexity index is 531. The number of hydrogen-bond donors (Lipinski definition) is 1. The van der Waals surface area contributed by atoms with Gasteiger partial charge in [0.25, 0.3) is 0 Å². The van der Waals surface area contributed by atoms with Crippen LogP contribution in [0.3, 0.4) is 0 Å². The molecule has 0 fully saturated rings. The van der Waals surface area contributed by atoms with Crippen molar-refractivity contribution in [2.24, 2.45) is 0 Å².